The molecule has 0 aliphatic carbocycles. The summed E-state index contributed by atoms with van der Waals surface area (Å²) in [5.41, 5.74) is 6.07. The van der Waals surface area contributed by atoms with Crippen molar-refractivity contribution in [3.63, 3.8) is 0 Å². The third kappa shape index (κ3) is 2.01. The molecule has 2 rings (SSSR count). The first-order valence-corrected chi connectivity index (χ1v) is 6.94. The van der Waals surface area contributed by atoms with Crippen LogP contribution < -0.4 is 5.32 Å². The number of nitrogens with one attached hydrogen (secondary N) is 1. The van der Waals surface area contributed by atoms with Crippen molar-refractivity contribution in [2.24, 2.45) is 0 Å². The molecule has 17 heavy (non-hydrogen) atoms. The maximum atomic E-state index is 4.77. The Balaban J connectivity index is 2.92. The van der Waals surface area contributed by atoms with E-state index in [-0.39, 0.29) is 0 Å². The van der Waals surface area contributed by atoms with Gasteiger partial charge in [0.15, 0.2) is 0 Å². The van der Waals surface area contributed by atoms with Gasteiger partial charge in [0.25, 0.3) is 0 Å². The van der Waals surface area contributed by atoms with Gasteiger partial charge in [0.05, 0.1) is 5.52 Å². The SMILES string of the molecule is CCc1c(C)nc2c(C)c(I)ccc2c1NC. The highest BCUT2D eigenvalue weighted by atomic mass is 127. The average molecular weight is 340 g/mol. The van der Waals surface area contributed by atoms with Crippen LogP contribution in [0.3, 0.4) is 0 Å². The maximum Gasteiger partial charge on any atom is 0.0765 e. The summed E-state index contributed by atoms with van der Waals surface area (Å²) in [6, 6.07) is 4.33. The summed E-state index contributed by atoms with van der Waals surface area (Å²) < 4.78 is 1.27. The molecular formula is C14H17IN2. The van der Waals surface area contributed by atoms with E-state index in [1.54, 1.807) is 0 Å². The number of aromatic nitrogens is 1. The number of hydrogen-bond acceptors (Lipinski definition) is 2. The summed E-state index contributed by atoms with van der Waals surface area (Å²) in [5.74, 6) is 0. The Bertz CT molecular complexity index is 576. The second kappa shape index (κ2) is 4.80. The lowest BCUT2D eigenvalue weighted by Crippen LogP contribution is -2.02. The summed E-state index contributed by atoms with van der Waals surface area (Å²) in [6.45, 7) is 6.41. The molecule has 1 heterocycles. The van der Waals surface area contributed by atoms with Crippen molar-refractivity contribution in [2.75, 3.05) is 12.4 Å². The summed E-state index contributed by atoms with van der Waals surface area (Å²) >= 11 is 2.37. The summed E-state index contributed by atoms with van der Waals surface area (Å²) in [4.78, 5) is 4.77. The number of fused-ring (bicyclic) bond motifs is 1. The lowest BCUT2D eigenvalue weighted by atomic mass is 10.0. The zero-order valence-electron chi connectivity index (χ0n) is 10.7. The Hall–Kier alpha value is -0.840. The zero-order valence-corrected chi connectivity index (χ0v) is 12.8. The minimum Gasteiger partial charge on any atom is -0.387 e. The predicted octanol–water partition coefficient (Wildman–Crippen LogP) is 4.06. The van der Waals surface area contributed by atoms with Crippen molar-refractivity contribution in [3.05, 3.63) is 32.5 Å². The van der Waals surface area contributed by atoms with Crippen LogP contribution in [0.2, 0.25) is 0 Å². The molecule has 0 saturated heterocycles. The summed E-state index contributed by atoms with van der Waals surface area (Å²) in [6.07, 6.45) is 1.01. The fourth-order valence-electron chi connectivity index (χ4n) is 2.32. The number of aryl methyl sites for hydroxylation is 2. The van der Waals surface area contributed by atoms with E-state index < -0.39 is 0 Å². The van der Waals surface area contributed by atoms with Gasteiger partial charge in [-0.25, -0.2) is 0 Å². The van der Waals surface area contributed by atoms with Gasteiger partial charge in [0.2, 0.25) is 0 Å². The van der Waals surface area contributed by atoms with Gasteiger partial charge in [0.1, 0.15) is 0 Å². The molecule has 0 spiro atoms. The molecule has 0 unspecified atom stereocenters. The van der Waals surface area contributed by atoms with Gasteiger partial charge >= 0.3 is 0 Å². The Morgan fingerprint density at radius 3 is 2.59 bits per heavy atom. The predicted molar refractivity (Wildman–Crippen MR) is 82.9 cm³/mol. The number of rotatable bonds is 2. The molecule has 2 aromatic rings. The van der Waals surface area contributed by atoms with Gasteiger partial charge in [-0.1, -0.05) is 6.92 Å². The van der Waals surface area contributed by atoms with E-state index in [2.05, 4.69) is 60.8 Å². The molecule has 2 nitrogen and oxygen atoms in total. The van der Waals surface area contributed by atoms with Gasteiger partial charge in [-0.2, -0.15) is 0 Å². The molecule has 1 N–H and O–H groups in total. The first kappa shape index (κ1) is 12.6. The highest BCUT2D eigenvalue weighted by molar-refractivity contribution is 14.1. The third-order valence-corrected chi connectivity index (χ3v) is 4.42. The molecule has 1 aromatic carbocycles. The highest BCUT2D eigenvalue weighted by Gasteiger charge is 2.12. The number of halogens is 1. The maximum absolute atomic E-state index is 4.77. The van der Waals surface area contributed by atoms with Crippen molar-refractivity contribution in [3.8, 4) is 0 Å². The van der Waals surface area contributed by atoms with Crippen LogP contribution in [0.25, 0.3) is 10.9 Å². The van der Waals surface area contributed by atoms with Crippen LogP contribution in [0.1, 0.15) is 23.7 Å². The molecule has 3 heteroatoms. The Kier molecular flexibility index (Phi) is 3.56. The Morgan fingerprint density at radius 2 is 2.00 bits per heavy atom. The number of hydrogen-bond donors (Lipinski definition) is 1. The molecule has 0 aliphatic rings. The molecule has 1 aromatic heterocycles. The van der Waals surface area contributed by atoms with Crippen molar-refractivity contribution in [1.29, 1.82) is 0 Å². The Labute approximate surface area is 116 Å². The summed E-state index contributed by atoms with van der Waals surface area (Å²) in [5, 5.41) is 4.56. The number of nitrogens with zero attached hydrogens (tertiary/aromatic N) is 1. The highest BCUT2D eigenvalue weighted by Crippen LogP contribution is 2.31. The van der Waals surface area contributed by atoms with Crippen LogP contribution in [-0.4, -0.2) is 12.0 Å². The van der Waals surface area contributed by atoms with Gasteiger partial charge in [-0.15, -0.1) is 0 Å². The number of pyridine rings is 1. The van der Waals surface area contributed by atoms with E-state index >= 15 is 0 Å². The molecule has 0 saturated carbocycles. The fraction of sp³-hybridized carbons (Fsp3) is 0.357. The Morgan fingerprint density at radius 1 is 1.29 bits per heavy atom. The van der Waals surface area contributed by atoms with Crippen LogP contribution in [0.4, 0.5) is 5.69 Å². The smallest absolute Gasteiger partial charge is 0.0765 e. The monoisotopic (exact) mass is 340 g/mol. The van der Waals surface area contributed by atoms with E-state index in [1.165, 1.54) is 25.8 Å². The first-order valence-electron chi connectivity index (χ1n) is 5.86. The zero-order chi connectivity index (χ0) is 12.6. The van der Waals surface area contributed by atoms with Gasteiger partial charge in [0, 0.05) is 27.4 Å². The van der Waals surface area contributed by atoms with Gasteiger partial charge < -0.3 is 5.32 Å². The lowest BCUT2D eigenvalue weighted by Gasteiger charge is -2.15. The summed E-state index contributed by atoms with van der Waals surface area (Å²) in [7, 11) is 1.99. The number of benzene rings is 1. The molecule has 90 valence electrons. The molecule has 0 radical (unpaired) electrons. The normalized spacial score (nSPS) is 10.9. The molecule has 0 aliphatic heterocycles. The molecule has 0 amide bonds. The molecular weight excluding hydrogens is 323 g/mol. The van der Waals surface area contributed by atoms with E-state index in [0.29, 0.717) is 0 Å². The third-order valence-electron chi connectivity index (χ3n) is 3.26. The van der Waals surface area contributed by atoms with Crippen molar-refractivity contribution < 1.29 is 0 Å². The standard InChI is InChI=1S/C14H17IN2/c1-5-10-9(3)17-13-8(2)12(15)7-6-11(13)14(10)16-4/h6-7H,5H2,1-4H3,(H,16,17). The molecule has 0 atom stereocenters. The van der Waals surface area contributed by atoms with E-state index in [1.807, 2.05) is 7.05 Å². The lowest BCUT2D eigenvalue weighted by molar-refractivity contribution is 1.07. The minimum atomic E-state index is 1.01. The van der Waals surface area contributed by atoms with Crippen molar-refractivity contribution >= 4 is 39.2 Å². The quantitative estimate of drug-likeness (QED) is 0.834. The van der Waals surface area contributed by atoms with Crippen molar-refractivity contribution in [2.45, 2.75) is 27.2 Å². The van der Waals surface area contributed by atoms with Crippen LogP contribution in [-0.2, 0) is 6.42 Å². The van der Waals surface area contributed by atoms with Gasteiger partial charge in [-0.3, -0.25) is 4.98 Å². The fourth-order valence-corrected chi connectivity index (χ4v) is 2.75. The molecule has 0 bridgehead atoms. The molecule has 0 fully saturated rings. The van der Waals surface area contributed by atoms with Crippen LogP contribution in [0.15, 0.2) is 12.1 Å². The van der Waals surface area contributed by atoms with Crippen LogP contribution >= 0.6 is 22.6 Å². The van der Waals surface area contributed by atoms with Crippen LogP contribution in [0.5, 0.6) is 0 Å². The first-order chi connectivity index (χ1) is 8.10. The average Bonchev–Trinajstić information content (AvgIpc) is 2.33. The minimum absolute atomic E-state index is 1.01. The van der Waals surface area contributed by atoms with E-state index in [0.717, 1.165) is 17.6 Å². The van der Waals surface area contributed by atoms with E-state index in [9.17, 15) is 0 Å². The second-order valence-electron chi connectivity index (χ2n) is 4.22. The van der Waals surface area contributed by atoms with Gasteiger partial charge in [-0.05, 0) is 66.1 Å². The van der Waals surface area contributed by atoms with Crippen molar-refractivity contribution in [1.82, 2.24) is 4.98 Å². The second-order valence-corrected chi connectivity index (χ2v) is 5.39. The van der Waals surface area contributed by atoms with Crippen LogP contribution in [0, 0.1) is 17.4 Å². The van der Waals surface area contributed by atoms with E-state index in [4.69, 9.17) is 4.98 Å². The number of anilines is 1. The largest absolute Gasteiger partial charge is 0.387 e. The topological polar surface area (TPSA) is 24.9 Å².